The minimum absolute atomic E-state index is 0.158. The summed E-state index contributed by atoms with van der Waals surface area (Å²) in [5.74, 6) is 0.550. The number of carbonyl (C=O) groups excluding carboxylic acids is 1. The average molecular weight is 292 g/mol. The molecule has 0 saturated carbocycles. The van der Waals surface area contributed by atoms with E-state index in [4.69, 9.17) is 4.74 Å². The Hall–Kier alpha value is -1.55. The van der Waals surface area contributed by atoms with Crippen molar-refractivity contribution in [2.75, 3.05) is 25.1 Å². The number of amides is 2. The normalized spacial score (nSPS) is 10.8. The van der Waals surface area contributed by atoms with E-state index in [1.807, 2.05) is 13.8 Å². The number of aryl methyl sites for hydroxylation is 3. The summed E-state index contributed by atoms with van der Waals surface area (Å²) < 4.78 is 5.47. The third-order valence-corrected chi connectivity index (χ3v) is 3.12. The molecule has 0 atom stereocenters. The largest absolute Gasteiger partial charge is 0.381 e. The molecule has 0 aliphatic carbocycles. The van der Waals surface area contributed by atoms with Crippen molar-refractivity contribution < 1.29 is 9.53 Å². The molecule has 4 heteroatoms. The van der Waals surface area contributed by atoms with E-state index < -0.39 is 0 Å². The second kappa shape index (κ2) is 8.67. The highest BCUT2D eigenvalue weighted by Crippen LogP contribution is 2.21. The first-order chi connectivity index (χ1) is 9.90. The van der Waals surface area contributed by atoms with E-state index in [2.05, 4.69) is 43.5 Å². The van der Waals surface area contributed by atoms with Crippen LogP contribution in [0, 0.1) is 26.7 Å². The lowest BCUT2D eigenvalue weighted by Crippen LogP contribution is -2.30. The summed E-state index contributed by atoms with van der Waals surface area (Å²) in [5.41, 5.74) is 4.28. The van der Waals surface area contributed by atoms with E-state index in [0.29, 0.717) is 19.1 Å². The standard InChI is InChI=1S/C17H28N2O2/c1-12(2)11-21-8-6-7-18-17(20)19-16-14(4)9-13(3)10-15(16)5/h9-10,12H,6-8,11H2,1-5H3,(H2,18,19,20). The Labute approximate surface area is 128 Å². The Balaban J connectivity index is 2.31. The van der Waals surface area contributed by atoms with Crippen LogP contribution in [0.15, 0.2) is 12.1 Å². The highest BCUT2D eigenvalue weighted by molar-refractivity contribution is 5.91. The number of benzene rings is 1. The number of hydrogen-bond donors (Lipinski definition) is 2. The lowest BCUT2D eigenvalue weighted by Gasteiger charge is -2.13. The molecule has 1 rings (SSSR count). The van der Waals surface area contributed by atoms with Gasteiger partial charge in [0.25, 0.3) is 0 Å². The van der Waals surface area contributed by atoms with Gasteiger partial charge >= 0.3 is 6.03 Å². The van der Waals surface area contributed by atoms with E-state index in [-0.39, 0.29) is 6.03 Å². The Kier molecular flexibility index (Phi) is 7.23. The quantitative estimate of drug-likeness (QED) is 0.751. The number of anilines is 1. The fraction of sp³-hybridized carbons (Fsp3) is 0.588. The van der Waals surface area contributed by atoms with Gasteiger partial charge in [-0.1, -0.05) is 31.5 Å². The Morgan fingerprint density at radius 3 is 2.38 bits per heavy atom. The molecule has 1 aromatic carbocycles. The summed E-state index contributed by atoms with van der Waals surface area (Å²) in [7, 11) is 0. The van der Waals surface area contributed by atoms with Crippen molar-refractivity contribution in [2.24, 2.45) is 5.92 Å². The van der Waals surface area contributed by atoms with Crippen molar-refractivity contribution in [1.82, 2.24) is 5.32 Å². The van der Waals surface area contributed by atoms with Crippen molar-refractivity contribution in [2.45, 2.75) is 41.0 Å². The topological polar surface area (TPSA) is 50.4 Å². The number of hydrogen-bond acceptors (Lipinski definition) is 2. The van der Waals surface area contributed by atoms with Gasteiger partial charge in [-0.25, -0.2) is 4.79 Å². The zero-order chi connectivity index (χ0) is 15.8. The molecule has 0 heterocycles. The van der Waals surface area contributed by atoms with Crippen LogP contribution in [0.4, 0.5) is 10.5 Å². The van der Waals surface area contributed by atoms with Gasteiger partial charge < -0.3 is 15.4 Å². The minimum Gasteiger partial charge on any atom is -0.381 e. The Morgan fingerprint density at radius 1 is 1.19 bits per heavy atom. The SMILES string of the molecule is Cc1cc(C)c(NC(=O)NCCCOCC(C)C)c(C)c1. The molecule has 0 spiro atoms. The van der Waals surface area contributed by atoms with Crippen molar-refractivity contribution in [3.05, 3.63) is 28.8 Å². The first-order valence-electron chi connectivity index (χ1n) is 7.60. The van der Waals surface area contributed by atoms with Gasteiger partial charge in [-0.05, 0) is 44.2 Å². The van der Waals surface area contributed by atoms with Crippen LogP contribution < -0.4 is 10.6 Å². The predicted octanol–water partition coefficient (Wildman–Crippen LogP) is 3.80. The molecule has 0 bridgehead atoms. The number of ether oxygens (including phenoxy) is 1. The van der Waals surface area contributed by atoms with Gasteiger partial charge in [0.15, 0.2) is 0 Å². The summed E-state index contributed by atoms with van der Waals surface area (Å²) in [6.07, 6.45) is 0.825. The summed E-state index contributed by atoms with van der Waals surface area (Å²) in [6.45, 7) is 12.4. The molecule has 2 amide bonds. The smallest absolute Gasteiger partial charge is 0.319 e. The van der Waals surface area contributed by atoms with Crippen molar-refractivity contribution in [3.8, 4) is 0 Å². The van der Waals surface area contributed by atoms with Gasteiger partial charge in [0, 0.05) is 25.4 Å². The first-order valence-corrected chi connectivity index (χ1v) is 7.60. The maximum Gasteiger partial charge on any atom is 0.319 e. The van der Waals surface area contributed by atoms with Crippen LogP contribution in [-0.4, -0.2) is 25.8 Å². The second-order valence-electron chi connectivity index (χ2n) is 5.98. The molecule has 118 valence electrons. The third kappa shape index (κ3) is 6.63. The highest BCUT2D eigenvalue weighted by atomic mass is 16.5. The molecular formula is C17H28N2O2. The zero-order valence-corrected chi connectivity index (χ0v) is 13.9. The van der Waals surface area contributed by atoms with E-state index in [1.165, 1.54) is 5.56 Å². The molecule has 4 nitrogen and oxygen atoms in total. The molecule has 0 aliphatic rings. The van der Waals surface area contributed by atoms with Crippen LogP contribution in [0.3, 0.4) is 0 Å². The molecule has 0 aromatic heterocycles. The molecule has 0 unspecified atom stereocenters. The van der Waals surface area contributed by atoms with E-state index in [0.717, 1.165) is 29.8 Å². The number of nitrogens with one attached hydrogen (secondary N) is 2. The maximum absolute atomic E-state index is 11.9. The lowest BCUT2D eigenvalue weighted by molar-refractivity contribution is 0.108. The van der Waals surface area contributed by atoms with E-state index in [1.54, 1.807) is 0 Å². The number of rotatable bonds is 7. The number of carbonyl (C=O) groups is 1. The average Bonchev–Trinajstić information content (AvgIpc) is 2.37. The first kappa shape index (κ1) is 17.5. The summed E-state index contributed by atoms with van der Waals surface area (Å²) in [4.78, 5) is 11.9. The van der Waals surface area contributed by atoms with Crippen molar-refractivity contribution >= 4 is 11.7 Å². The fourth-order valence-corrected chi connectivity index (χ4v) is 2.23. The molecule has 0 radical (unpaired) electrons. The van der Waals surface area contributed by atoms with Crippen LogP contribution in [0.5, 0.6) is 0 Å². The van der Waals surface area contributed by atoms with Gasteiger partial charge in [0.2, 0.25) is 0 Å². The highest BCUT2D eigenvalue weighted by Gasteiger charge is 2.07. The molecular weight excluding hydrogens is 264 g/mol. The monoisotopic (exact) mass is 292 g/mol. The van der Waals surface area contributed by atoms with Crippen LogP contribution in [-0.2, 0) is 4.74 Å². The van der Waals surface area contributed by atoms with Gasteiger partial charge in [0.1, 0.15) is 0 Å². The van der Waals surface area contributed by atoms with E-state index in [9.17, 15) is 4.79 Å². The van der Waals surface area contributed by atoms with Crippen LogP contribution in [0.1, 0.15) is 37.0 Å². The van der Waals surface area contributed by atoms with Gasteiger partial charge in [-0.2, -0.15) is 0 Å². The zero-order valence-electron chi connectivity index (χ0n) is 13.9. The van der Waals surface area contributed by atoms with Crippen LogP contribution in [0.2, 0.25) is 0 Å². The third-order valence-electron chi connectivity index (χ3n) is 3.12. The van der Waals surface area contributed by atoms with E-state index >= 15 is 0 Å². The number of urea groups is 1. The van der Waals surface area contributed by atoms with Gasteiger partial charge in [-0.15, -0.1) is 0 Å². The maximum atomic E-state index is 11.9. The van der Waals surface area contributed by atoms with Crippen LogP contribution >= 0.6 is 0 Å². The summed E-state index contributed by atoms with van der Waals surface area (Å²) >= 11 is 0. The van der Waals surface area contributed by atoms with Gasteiger partial charge in [0.05, 0.1) is 0 Å². The summed E-state index contributed by atoms with van der Waals surface area (Å²) in [6, 6.07) is 3.99. The Bertz CT molecular complexity index is 447. The lowest BCUT2D eigenvalue weighted by atomic mass is 10.1. The van der Waals surface area contributed by atoms with Crippen molar-refractivity contribution in [3.63, 3.8) is 0 Å². The molecule has 0 fully saturated rings. The van der Waals surface area contributed by atoms with Crippen molar-refractivity contribution in [1.29, 1.82) is 0 Å². The second-order valence-corrected chi connectivity index (χ2v) is 5.98. The molecule has 1 aromatic rings. The molecule has 0 saturated heterocycles. The minimum atomic E-state index is -0.158. The predicted molar refractivity (Wildman–Crippen MR) is 87.9 cm³/mol. The molecule has 2 N–H and O–H groups in total. The fourth-order valence-electron chi connectivity index (χ4n) is 2.23. The van der Waals surface area contributed by atoms with Gasteiger partial charge in [-0.3, -0.25) is 0 Å². The molecule has 0 aliphatic heterocycles. The molecule has 21 heavy (non-hydrogen) atoms. The summed E-state index contributed by atoms with van der Waals surface area (Å²) in [5, 5.41) is 5.78. The Morgan fingerprint density at radius 2 is 1.81 bits per heavy atom. The van der Waals surface area contributed by atoms with Crippen LogP contribution in [0.25, 0.3) is 0 Å².